The van der Waals surface area contributed by atoms with Gasteiger partial charge in [-0.2, -0.15) is 0 Å². The number of β-amino-alcohol motifs (C(OH)–C–C–N with tert-alkyl or cyclic N) is 1. The zero-order chi connectivity index (χ0) is 14.2. The summed E-state index contributed by atoms with van der Waals surface area (Å²) in [5.74, 6) is 0. The second-order valence-electron chi connectivity index (χ2n) is 5.21. The molecule has 0 spiro atoms. The fourth-order valence-corrected chi connectivity index (χ4v) is 3.00. The third-order valence-corrected chi connectivity index (χ3v) is 4.58. The predicted octanol–water partition coefficient (Wildman–Crippen LogP) is 3.92. The summed E-state index contributed by atoms with van der Waals surface area (Å²) in [5, 5.41) is 15.2. The van der Waals surface area contributed by atoms with Gasteiger partial charge in [0.15, 0.2) is 0 Å². The van der Waals surface area contributed by atoms with Crippen LogP contribution in [-0.4, -0.2) is 11.7 Å². The minimum atomic E-state index is -0.908. The third-order valence-electron chi connectivity index (χ3n) is 3.84. The van der Waals surface area contributed by atoms with Crippen molar-refractivity contribution >= 4 is 23.2 Å². The molecule has 2 atom stereocenters. The Morgan fingerprint density at radius 2 is 1.80 bits per heavy atom. The first kappa shape index (κ1) is 13.9. The molecule has 2 N–H and O–H groups in total. The molecule has 1 aliphatic heterocycles. The SMILES string of the molecule is O[C@@]1(c2ccc(Cl)c(Cl)c2)CN[C@@H](c2ccccc2)C1. The van der Waals surface area contributed by atoms with Crippen molar-refractivity contribution < 1.29 is 5.11 Å². The van der Waals surface area contributed by atoms with Crippen LogP contribution in [0.2, 0.25) is 10.0 Å². The molecule has 3 rings (SSSR count). The Hall–Kier alpha value is -1.06. The first-order valence-corrected chi connectivity index (χ1v) is 7.30. The molecule has 104 valence electrons. The van der Waals surface area contributed by atoms with Crippen molar-refractivity contribution in [3.8, 4) is 0 Å². The van der Waals surface area contributed by atoms with Crippen molar-refractivity contribution in [3.63, 3.8) is 0 Å². The van der Waals surface area contributed by atoms with E-state index in [1.165, 1.54) is 5.56 Å². The van der Waals surface area contributed by atoms with Gasteiger partial charge in [-0.05, 0) is 23.3 Å². The fourth-order valence-electron chi connectivity index (χ4n) is 2.70. The average molecular weight is 308 g/mol. The van der Waals surface area contributed by atoms with Crippen LogP contribution in [0.5, 0.6) is 0 Å². The van der Waals surface area contributed by atoms with Crippen LogP contribution in [0.15, 0.2) is 48.5 Å². The minimum absolute atomic E-state index is 0.149. The number of hydrogen-bond donors (Lipinski definition) is 2. The molecule has 1 aliphatic rings. The quantitative estimate of drug-likeness (QED) is 0.881. The molecule has 4 heteroatoms. The van der Waals surface area contributed by atoms with Gasteiger partial charge in [0, 0.05) is 19.0 Å². The maximum atomic E-state index is 10.8. The van der Waals surface area contributed by atoms with Crippen molar-refractivity contribution in [3.05, 3.63) is 69.7 Å². The number of benzene rings is 2. The molecule has 1 heterocycles. The molecular weight excluding hydrogens is 293 g/mol. The molecule has 0 aliphatic carbocycles. The lowest BCUT2D eigenvalue weighted by molar-refractivity contribution is 0.0559. The molecule has 0 aromatic heterocycles. The molecule has 2 aromatic rings. The fraction of sp³-hybridized carbons (Fsp3) is 0.250. The molecule has 1 fully saturated rings. The largest absolute Gasteiger partial charge is 0.384 e. The topological polar surface area (TPSA) is 32.3 Å². The summed E-state index contributed by atoms with van der Waals surface area (Å²) in [4.78, 5) is 0. The van der Waals surface area contributed by atoms with Gasteiger partial charge in [-0.25, -0.2) is 0 Å². The minimum Gasteiger partial charge on any atom is -0.384 e. The van der Waals surface area contributed by atoms with Crippen LogP contribution >= 0.6 is 23.2 Å². The summed E-state index contributed by atoms with van der Waals surface area (Å²) in [6.07, 6.45) is 0.620. The molecule has 20 heavy (non-hydrogen) atoms. The highest BCUT2D eigenvalue weighted by Gasteiger charge is 2.39. The van der Waals surface area contributed by atoms with E-state index < -0.39 is 5.60 Å². The highest BCUT2D eigenvalue weighted by molar-refractivity contribution is 6.42. The molecule has 0 unspecified atom stereocenters. The van der Waals surface area contributed by atoms with Gasteiger partial charge in [-0.1, -0.05) is 59.6 Å². The van der Waals surface area contributed by atoms with Gasteiger partial charge in [0.05, 0.1) is 10.0 Å². The smallest absolute Gasteiger partial charge is 0.104 e. The Morgan fingerprint density at radius 3 is 2.50 bits per heavy atom. The van der Waals surface area contributed by atoms with Crippen LogP contribution in [0, 0.1) is 0 Å². The maximum absolute atomic E-state index is 10.8. The Balaban J connectivity index is 1.86. The van der Waals surface area contributed by atoms with Gasteiger partial charge >= 0.3 is 0 Å². The number of aliphatic hydroxyl groups is 1. The van der Waals surface area contributed by atoms with Crippen molar-refractivity contribution in [1.29, 1.82) is 0 Å². The number of rotatable bonds is 2. The van der Waals surface area contributed by atoms with Crippen molar-refractivity contribution in [2.24, 2.45) is 0 Å². The van der Waals surface area contributed by atoms with E-state index in [2.05, 4.69) is 17.4 Å². The van der Waals surface area contributed by atoms with E-state index in [0.717, 1.165) is 5.56 Å². The summed E-state index contributed by atoms with van der Waals surface area (Å²) in [6, 6.07) is 15.6. The lowest BCUT2D eigenvalue weighted by Gasteiger charge is -2.23. The molecule has 1 saturated heterocycles. The third kappa shape index (κ3) is 2.57. The van der Waals surface area contributed by atoms with Crippen LogP contribution in [0.1, 0.15) is 23.6 Å². The zero-order valence-electron chi connectivity index (χ0n) is 10.8. The lowest BCUT2D eigenvalue weighted by Crippen LogP contribution is -2.28. The van der Waals surface area contributed by atoms with E-state index in [1.807, 2.05) is 24.3 Å². The number of halogens is 2. The predicted molar refractivity (Wildman–Crippen MR) is 82.2 cm³/mol. The van der Waals surface area contributed by atoms with Crippen LogP contribution in [0.25, 0.3) is 0 Å². The van der Waals surface area contributed by atoms with Gasteiger partial charge in [-0.15, -0.1) is 0 Å². The highest BCUT2D eigenvalue weighted by Crippen LogP contribution is 2.38. The second kappa shape index (κ2) is 5.38. The van der Waals surface area contributed by atoms with Gasteiger partial charge in [0.1, 0.15) is 5.60 Å². The Bertz CT molecular complexity index is 617. The van der Waals surface area contributed by atoms with E-state index in [0.29, 0.717) is 23.0 Å². The Labute approximate surface area is 128 Å². The Kier molecular flexibility index (Phi) is 3.74. The van der Waals surface area contributed by atoms with E-state index in [1.54, 1.807) is 12.1 Å². The first-order chi connectivity index (χ1) is 9.58. The van der Waals surface area contributed by atoms with E-state index >= 15 is 0 Å². The molecule has 0 saturated carbocycles. The van der Waals surface area contributed by atoms with Crippen LogP contribution in [0.4, 0.5) is 0 Å². The lowest BCUT2D eigenvalue weighted by atomic mass is 9.89. The molecule has 0 bridgehead atoms. The molecule has 0 radical (unpaired) electrons. The summed E-state index contributed by atoms with van der Waals surface area (Å²) in [5.41, 5.74) is 1.08. The van der Waals surface area contributed by atoms with E-state index in [-0.39, 0.29) is 6.04 Å². The normalized spacial score (nSPS) is 25.9. The van der Waals surface area contributed by atoms with E-state index in [9.17, 15) is 5.11 Å². The average Bonchev–Trinajstić information content (AvgIpc) is 2.87. The second-order valence-corrected chi connectivity index (χ2v) is 6.02. The van der Waals surface area contributed by atoms with Crippen LogP contribution in [-0.2, 0) is 5.60 Å². The zero-order valence-corrected chi connectivity index (χ0v) is 12.3. The molecular formula is C16H15Cl2NO. The van der Waals surface area contributed by atoms with E-state index in [4.69, 9.17) is 23.2 Å². The standard InChI is InChI=1S/C16H15Cl2NO/c17-13-7-6-12(8-14(13)18)16(20)9-15(19-10-16)11-4-2-1-3-5-11/h1-8,15,19-20H,9-10H2/t15-,16-/m1/s1. The van der Waals surface area contributed by atoms with Crippen molar-refractivity contribution in [1.82, 2.24) is 5.32 Å². The van der Waals surface area contributed by atoms with Crippen LogP contribution < -0.4 is 5.32 Å². The summed E-state index contributed by atoms with van der Waals surface area (Å²) >= 11 is 12.0. The molecule has 2 nitrogen and oxygen atoms in total. The molecule has 2 aromatic carbocycles. The van der Waals surface area contributed by atoms with Gasteiger partial charge in [0.2, 0.25) is 0 Å². The molecule has 0 amide bonds. The number of hydrogen-bond acceptors (Lipinski definition) is 2. The Morgan fingerprint density at radius 1 is 1.05 bits per heavy atom. The van der Waals surface area contributed by atoms with Crippen molar-refractivity contribution in [2.45, 2.75) is 18.1 Å². The maximum Gasteiger partial charge on any atom is 0.104 e. The highest BCUT2D eigenvalue weighted by atomic mass is 35.5. The van der Waals surface area contributed by atoms with Gasteiger partial charge in [-0.3, -0.25) is 0 Å². The number of nitrogens with one attached hydrogen (secondary N) is 1. The summed E-state index contributed by atoms with van der Waals surface area (Å²) in [6.45, 7) is 0.504. The summed E-state index contributed by atoms with van der Waals surface area (Å²) in [7, 11) is 0. The first-order valence-electron chi connectivity index (χ1n) is 6.55. The monoisotopic (exact) mass is 307 g/mol. The van der Waals surface area contributed by atoms with Gasteiger partial charge in [0.25, 0.3) is 0 Å². The van der Waals surface area contributed by atoms with Crippen LogP contribution in [0.3, 0.4) is 0 Å². The van der Waals surface area contributed by atoms with Gasteiger partial charge < -0.3 is 10.4 Å². The van der Waals surface area contributed by atoms with Crippen molar-refractivity contribution in [2.75, 3.05) is 6.54 Å². The summed E-state index contributed by atoms with van der Waals surface area (Å²) < 4.78 is 0.